The minimum absolute atomic E-state index is 0.00281. The minimum atomic E-state index is -1.89. The number of allylic oxidation sites excluding steroid dienone is 5. The maximum atomic E-state index is 14.3. The fourth-order valence-corrected chi connectivity index (χ4v) is 2.72. The molecule has 0 heterocycles. The summed E-state index contributed by atoms with van der Waals surface area (Å²) < 4.78 is 59.7. The Hall–Kier alpha value is -3.36. The highest BCUT2D eigenvalue weighted by Crippen LogP contribution is 2.35. The molecule has 0 saturated carbocycles. The molecule has 1 aromatic rings. The van der Waals surface area contributed by atoms with Gasteiger partial charge in [0.1, 0.15) is 18.6 Å². The van der Waals surface area contributed by atoms with Crippen molar-refractivity contribution in [2.24, 2.45) is 0 Å². The maximum Gasteiger partial charge on any atom is 0.331 e. The number of halogens is 4. The van der Waals surface area contributed by atoms with E-state index in [4.69, 9.17) is 9.84 Å². The Labute approximate surface area is 184 Å². The summed E-state index contributed by atoms with van der Waals surface area (Å²) in [5.74, 6) is -3.88. The Morgan fingerprint density at radius 2 is 1.91 bits per heavy atom. The molecule has 0 aliphatic heterocycles. The smallest absolute Gasteiger partial charge is 0.331 e. The lowest BCUT2D eigenvalue weighted by Gasteiger charge is -2.15. The third-order valence-electron chi connectivity index (χ3n) is 4.17. The number of ether oxygens (including phenoxy) is 1. The van der Waals surface area contributed by atoms with Crippen LogP contribution in [0.25, 0.3) is 5.57 Å². The summed E-state index contributed by atoms with van der Waals surface area (Å²) in [4.78, 5) is 20.4. The van der Waals surface area contributed by atoms with E-state index in [0.717, 1.165) is 26.2 Å². The van der Waals surface area contributed by atoms with Crippen LogP contribution in [0.3, 0.4) is 0 Å². The number of alkyl halides is 2. The van der Waals surface area contributed by atoms with E-state index in [-0.39, 0.29) is 17.7 Å². The molecule has 2 rings (SSSR count). The van der Waals surface area contributed by atoms with Gasteiger partial charge in [-0.1, -0.05) is 24.3 Å². The second kappa shape index (κ2) is 15.4. The monoisotopic (exact) mass is 457 g/mol. The Bertz CT molecular complexity index is 863. The SMILES string of the molecule is C=C.COc1ccccc1/C(=C(F)/C(F)=C(\CF)NC=O)C(C)F.O=C(O)C1=CCCC1. The number of hydrogen-bond acceptors (Lipinski definition) is 3. The number of methoxy groups -OCH3 is 1. The van der Waals surface area contributed by atoms with Gasteiger partial charge in [0.05, 0.1) is 12.8 Å². The predicted molar refractivity (Wildman–Crippen MR) is 116 cm³/mol. The Morgan fingerprint density at radius 3 is 2.31 bits per heavy atom. The normalized spacial score (nSPS) is 14.8. The minimum Gasteiger partial charge on any atom is -0.496 e. The number of rotatable bonds is 8. The van der Waals surface area contributed by atoms with E-state index in [1.54, 1.807) is 17.5 Å². The van der Waals surface area contributed by atoms with Gasteiger partial charge in [-0.15, -0.1) is 13.2 Å². The van der Waals surface area contributed by atoms with E-state index in [1.165, 1.54) is 25.3 Å². The van der Waals surface area contributed by atoms with Crippen LogP contribution in [0.5, 0.6) is 5.75 Å². The molecule has 0 radical (unpaired) electrons. The van der Waals surface area contributed by atoms with Gasteiger partial charge in [0.2, 0.25) is 6.41 Å². The molecular weight excluding hydrogens is 430 g/mol. The van der Waals surface area contributed by atoms with Gasteiger partial charge in [-0.3, -0.25) is 4.79 Å². The fraction of sp³-hybridized carbons (Fsp3) is 0.304. The van der Waals surface area contributed by atoms with Crippen LogP contribution in [0.2, 0.25) is 0 Å². The van der Waals surface area contributed by atoms with Gasteiger partial charge in [0.15, 0.2) is 11.7 Å². The molecule has 0 bridgehead atoms. The molecule has 0 saturated heterocycles. The molecule has 9 heteroatoms. The number of para-hydroxylation sites is 1. The highest BCUT2D eigenvalue weighted by atomic mass is 19.2. The van der Waals surface area contributed by atoms with Crippen molar-refractivity contribution in [2.75, 3.05) is 13.8 Å². The van der Waals surface area contributed by atoms with Gasteiger partial charge in [-0.05, 0) is 32.3 Å². The van der Waals surface area contributed by atoms with Crippen molar-refractivity contribution in [3.8, 4) is 5.75 Å². The van der Waals surface area contributed by atoms with Crippen molar-refractivity contribution >= 4 is 18.0 Å². The highest BCUT2D eigenvalue weighted by Gasteiger charge is 2.24. The first-order valence-corrected chi connectivity index (χ1v) is 9.53. The van der Waals surface area contributed by atoms with Crippen molar-refractivity contribution < 1.29 is 37.0 Å². The molecule has 5 nitrogen and oxygen atoms in total. The number of nitrogens with one attached hydrogen (secondary N) is 1. The first-order chi connectivity index (χ1) is 15.3. The molecule has 1 atom stereocenters. The molecule has 1 aliphatic rings. The maximum absolute atomic E-state index is 14.3. The molecule has 176 valence electrons. The summed E-state index contributed by atoms with van der Waals surface area (Å²) in [6, 6.07) is 5.87. The zero-order valence-electron chi connectivity index (χ0n) is 18.0. The highest BCUT2D eigenvalue weighted by molar-refractivity contribution is 5.86. The Balaban J connectivity index is 0.000000796. The average Bonchev–Trinajstić information content (AvgIpc) is 3.34. The van der Waals surface area contributed by atoms with Gasteiger partial charge >= 0.3 is 5.97 Å². The quantitative estimate of drug-likeness (QED) is 0.230. The molecule has 0 spiro atoms. The molecule has 32 heavy (non-hydrogen) atoms. The molecule has 2 N–H and O–H groups in total. The molecule has 1 unspecified atom stereocenters. The van der Waals surface area contributed by atoms with Crippen molar-refractivity contribution in [1.82, 2.24) is 5.32 Å². The predicted octanol–water partition coefficient (Wildman–Crippen LogP) is 5.61. The first-order valence-electron chi connectivity index (χ1n) is 9.53. The standard InChI is InChI=1S/C15H15F4NO2.C6H8O2.C2H4/c1-9(17)13(10-5-3-4-6-12(10)22-2)15(19)14(18)11(7-16)20-8-21;7-6(8)5-3-1-2-4-5;1-2/h3-6,8-9H,7H2,1-2H3,(H,20,21);3H,1-2,4H2,(H,7,8);1-2H2/b14-11-,15-13-;;. The van der Waals surface area contributed by atoms with Gasteiger partial charge in [0.25, 0.3) is 0 Å². The van der Waals surface area contributed by atoms with E-state index in [0.29, 0.717) is 5.57 Å². The van der Waals surface area contributed by atoms with Gasteiger partial charge in [-0.2, -0.15) is 0 Å². The van der Waals surface area contributed by atoms with Crippen molar-refractivity contribution in [1.29, 1.82) is 0 Å². The number of benzene rings is 1. The van der Waals surface area contributed by atoms with E-state index in [2.05, 4.69) is 13.2 Å². The summed E-state index contributed by atoms with van der Waals surface area (Å²) in [7, 11) is 1.30. The van der Waals surface area contributed by atoms with E-state index in [1.807, 2.05) is 0 Å². The largest absolute Gasteiger partial charge is 0.496 e. The number of hydrogen-bond donors (Lipinski definition) is 2. The third-order valence-corrected chi connectivity index (χ3v) is 4.17. The lowest BCUT2D eigenvalue weighted by molar-refractivity contribution is -0.132. The summed E-state index contributed by atoms with van der Waals surface area (Å²) in [6.07, 6.45) is 2.63. The summed E-state index contributed by atoms with van der Waals surface area (Å²) >= 11 is 0. The number of carbonyl (C=O) groups is 2. The number of carboxylic acid groups (broad SMARTS) is 1. The number of carbonyl (C=O) groups excluding carboxylic acids is 1. The third kappa shape index (κ3) is 8.41. The van der Waals surface area contributed by atoms with Crippen LogP contribution >= 0.6 is 0 Å². The Morgan fingerprint density at radius 1 is 1.28 bits per heavy atom. The Kier molecular flexibility index (Phi) is 13.8. The van der Waals surface area contributed by atoms with E-state index >= 15 is 0 Å². The summed E-state index contributed by atoms with van der Waals surface area (Å²) in [5, 5.41) is 10.1. The van der Waals surface area contributed by atoms with Crippen LogP contribution in [0.1, 0.15) is 31.7 Å². The van der Waals surface area contributed by atoms with E-state index in [9.17, 15) is 27.2 Å². The summed E-state index contributed by atoms with van der Waals surface area (Å²) in [5.41, 5.74) is -0.962. The van der Waals surface area contributed by atoms with Crippen LogP contribution in [-0.4, -0.2) is 37.4 Å². The first kappa shape index (κ1) is 28.6. The van der Waals surface area contributed by atoms with Crippen LogP contribution in [0.15, 0.2) is 66.4 Å². The second-order valence-corrected chi connectivity index (χ2v) is 6.16. The molecule has 0 fully saturated rings. The lowest BCUT2D eigenvalue weighted by atomic mass is 9.99. The zero-order chi connectivity index (χ0) is 24.7. The molecule has 1 amide bonds. The average molecular weight is 457 g/mol. The van der Waals surface area contributed by atoms with Gasteiger partial charge < -0.3 is 15.2 Å². The summed E-state index contributed by atoms with van der Waals surface area (Å²) in [6.45, 7) is 5.56. The molecular formula is C23H27F4NO4. The molecule has 1 aliphatic carbocycles. The fourth-order valence-electron chi connectivity index (χ4n) is 2.72. The lowest BCUT2D eigenvalue weighted by Crippen LogP contribution is -2.14. The van der Waals surface area contributed by atoms with Crippen LogP contribution in [0, 0.1) is 0 Å². The zero-order valence-corrected chi connectivity index (χ0v) is 18.0. The molecule has 0 aromatic heterocycles. The van der Waals surface area contributed by atoms with Gasteiger partial charge in [0, 0.05) is 16.7 Å². The second-order valence-electron chi connectivity index (χ2n) is 6.16. The topological polar surface area (TPSA) is 75.6 Å². The number of carboxylic acids is 1. The number of aliphatic carboxylic acids is 1. The molecule has 1 aromatic carbocycles. The number of amides is 1. The van der Waals surface area contributed by atoms with Gasteiger partial charge in [-0.25, -0.2) is 22.4 Å². The van der Waals surface area contributed by atoms with Crippen LogP contribution in [-0.2, 0) is 9.59 Å². The van der Waals surface area contributed by atoms with E-state index < -0.39 is 41.7 Å². The van der Waals surface area contributed by atoms with Crippen LogP contribution < -0.4 is 10.1 Å². The van der Waals surface area contributed by atoms with Crippen LogP contribution in [0.4, 0.5) is 17.6 Å². The van der Waals surface area contributed by atoms with Crippen molar-refractivity contribution in [3.63, 3.8) is 0 Å². The van der Waals surface area contributed by atoms with Crippen molar-refractivity contribution in [3.05, 3.63) is 72.0 Å². The van der Waals surface area contributed by atoms with Crippen molar-refractivity contribution in [2.45, 2.75) is 32.4 Å².